The second-order valence-corrected chi connectivity index (χ2v) is 6.92. The molecule has 162 valence electrons. The number of hydrogen-bond donors (Lipinski definition) is 1. The first-order valence-electron chi connectivity index (χ1n) is 10.0. The van der Waals surface area contributed by atoms with Gasteiger partial charge < -0.3 is 19.5 Å². The third-order valence-electron chi connectivity index (χ3n) is 4.80. The lowest BCUT2D eigenvalue weighted by Crippen LogP contribution is -2.13. The van der Waals surface area contributed by atoms with Gasteiger partial charge in [-0.05, 0) is 29.8 Å². The fraction of sp³-hybridized carbons (Fsp3) is 0.120. The van der Waals surface area contributed by atoms with E-state index in [0.29, 0.717) is 35.2 Å². The normalized spacial score (nSPS) is 10.4. The Bertz CT molecular complexity index is 1170. The lowest BCUT2D eigenvalue weighted by molar-refractivity contribution is 0.102. The molecule has 4 aromatic rings. The molecule has 0 saturated heterocycles. The number of anilines is 1. The molecule has 3 aromatic carbocycles. The van der Waals surface area contributed by atoms with Gasteiger partial charge >= 0.3 is 0 Å². The predicted molar refractivity (Wildman–Crippen MR) is 122 cm³/mol. The highest BCUT2D eigenvalue weighted by atomic mass is 16.5. The van der Waals surface area contributed by atoms with Crippen LogP contribution in [0.15, 0.2) is 85.1 Å². The first-order valence-corrected chi connectivity index (χ1v) is 10.0. The van der Waals surface area contributed by atoms with Crippen molar-refractivity contribution in [2.75, 3.05) is 19.5 Å². The number of rotatable bonds is 8. The largest absolute Gasteiger partial charge is 0.493 e. The van der Waals surface area contributed by atoms with Gasteiger partial charge in [-0.2, -0.15) is 5.10 Å². The molecule has 4 rings (SSSR count). The summed E-state index contributed by atoms with van der Waals surface area (Å²) in [6.07, 6.45) is 1.78. The molecule has 32 heavy (non-hydrogen) atoms. The molecule has 0 bridgehead atoms. The summed E-state index contributed by atoms with van der Waals surface area (Å²) in [6, 6.07) is 24.4. The third-order valence-corrected chi connectivity index (χ3v) is 4.80. The van der Waals surface area contributed by atoms with Crippen LogP contribution in [0.1, 0.15) is 15.9 Å². The van der Waals surface area contributed by atoms with E-state index >= 15 is 0 Å². The zero-order chi connectivity index (χ0) is 22.3. The minimum atomic E-state index is -0.338. The van der Waals surface area contributed by atoms with Crippen LogP contribution in [0, 0.1) is 0 Å². The van der Waals surface area contributed by atoms with Crippen LogP contribution < -0.4 is 19.5 Å². The SMILES string of the molecule is COc1cc(C(=O)Nc2ccn(-c3ccccc3)n2)cc(OC)c1OCc1ccccc1. The molecule has 0 saturated carbocycles. The fourth-order valence-corrected chi connectivity index (χ4v) is 3.19. The van der Waals surface area contributed by atoms with E-state index in [1.54, 1.807) is 29.1 Å². The van der Waals surface area contributed by atoms with E-state index in [2.05, 4.69) is 10.4 Å². The third kappa shape index (κ3) is 4.73. The van der Waals surface area contributed by atoms with E-state index in [4.69, 9.17) is 14.2 Å². The molecule has 0 fully saturated rings. The zero-order valence-electron chi connectivity index (χ0n) is 17.8. The minimum absolute atomic E-state index is 0.338. The summed E-state index contributed by atoms with van der Waals surface area (Å²) in [5.41, 5.74) is 2.27. The number of ether oxygens (including phenoxy) is 3. The van der Waals surface area contributed by atoms with Crippen molar-refractivity contribution < 1.29 is 19.0 Å². The standard InChI is InChI=1S/C25H23N3O4/c1-30-21-15-19(16-22(31-2)24(21)32-17-18-9-5-3-6-10-18)25(29)26-23-13-14-28(27-23)20-11-7-4-8-12-20/h3-16H,17H2,1-2H3,(H,26,27,29). The van der Waals surface area contributed by atoms with Gasteiger partial charge in [-0.25, -0.2) is 4.68 Å². The number of benzene rings is 3. The topological polar surface area (TPSA) is 74.6 Å². The molecule has 1 heterocycles. The Hall–Kier alpha value is -4.26. The Morgan fingerprint density at radius 3 is 2.16 bits per heavy atom. The van der Waals surface area contributed by atoms with Crippen LogP contribution in [0.4, 0.5) is 5.82 Å². The quantitative estimate of drug-likeness (QED) is 0.439. The van der Waals surface area contributed by atoms with E-state index in [1.807, 2.05) is 60.7 Å². The van der Waals surface area contributed by atoms with Gasteiger partial charge in [0.15, 0.2) is 17.3 Å². The Labute approximate surface area is 186 Å². The van der Waals surface area contributed by atoms with Crippen molar-refractivity contribution in [3.8, 4) is 22.9 Å². The molecule has 0 unspecified atom stereocenters. The minimum Gasteiger partial charge on any atom is -0.493 e. The van der Waals surface area contributed by atoms with Gasteiger partial charge in [-0.15, -0.1) is 0 Å². The molecular formula is C25H23N3O4. The number of nitrogens with one attached hydrogen (secondary N) is 1. The van der Waals surface area contributed by atoms with Gasteiger partial charge in [0.1, 0.15) is 6.61 Å². The Balaban J connectivity index is 1.53. The molecule has 0 aliphatic carbocycles. The molecule has 0 spiro atoms. The highest BCUT2D eigenvalue weighted by molar-refractivity contribution is 6.04. The van der Waals surface area contributed by atoms with Gasteiger partial charge in [-0.3, -0.25) is 4.79 Å². The van der Waals surface area contributed by atoms with E-state index in [9.17, 15) is 4.79 Å². The summed E-state index contributed by atoms with van der Waals surface area (Å²) >= 11 is 0. The number of amides is 1. The lowest BCUT2D eigenvalue weighted by atomic mass is 10.1. The summed E-state index contributed by atoms with van der Waals surface area (Å²) in [4.78, 5) is 12.9. The van der Waals surface area contributed by atoms with Crippen molar-refractivity contribution in [3.05, 3.63) is 96.2 Å². The lowest BCUT2D eigenvalue weighted by Gasteiger charge is -2.16. The molecule has 1 amide bonds. The first kappa shape index (κ1) is 21.0. The van der Waals surface area contributed by atoms with Crippen LogP contribution in [0.5, 0.6) is 17.2 Å². The number of para-hydroxylation sites is 1. The van der Waals surface area contributed by atoms with Crippen molar-refractivity contribution in [2.45, 2.75) is 6.61 Å². The van der Waals surface area contributed by atoms with Gasteiger partial charge in [0.25, 0.3) is 5.91 Å². The number of carbonyl (C=O) groups is 1. The van der Waals surface area contributed by atoms with Gasteiger partial charge in [-0.1, -0.05) is 48.5 Å². The highest BCUT2D eigenvalue weighted by Crippen LogP contribution is 2.39. The smallest absolute Gasteiger partial charge is 0.257 e. The first-order chi connectivity index (χ1) is 15.7. The van der Waals surface area contributed by atoms with Gasteiger partial charge in [0, 0.05) is 17.8 Å². The molecule has 0 radical (unpaired) electrons. The second-order valence-electron chi connectivity index (χ2n) is 6.92. The van der Waals surface area contributed by atoms with Crippen LogP contribution in [0.25, 0.3) is 5.69 Å². The van der Waals surface area contributed by atoms with Gasteiger partial charge in [0.2, 0.25) is 5.75 Å². The number of carbonyl (C=O) groups excluding carboxylic acids is 1. The van der Waals surface area contributed by atoms with E-state index < -0.39 is 0 Å². The van der Waals surface area contributed by atoms with E-state index in [1.165, 1.54) is 14.2 Å². The molecule has 7 nitrogen and oxygen atoms in total. The van der Waals surface area contributed by atoms with Crippen LogP contribution in [-0.4, -0.2) is 29.9 Å². The monoisotopic (exact) mass is 429 g/mol. The number of hydrogen-bond acceptors (Lipinski definition) is 5. The molecule has 0 aliphatic heterocycles. The molecule has 1 N–H and O–H groups in total. The molecule has 0 aliphatic rings. The van der Waals surface area contributed by atoms with Crippen molar-refractivity contribution in [3.63, 3.8) is 0 Å². The molecular weight excluding hydrogens is 406 g/mol. The summed E-state index contributed by atoms with van der Waals surface area (Å²) in [5, 5.41) is 7.21. The fourth-order valence-electron chi connectivity index (χ4n) is 3.19. The molecule has 7 heteroatoms. The Morgan fingerprint density at radius 2 is 1.53 bits per heavy atom. The maximum Gasteiger partial charge on any atom is 0.257 e. The second kappa shape index (κ2) is 9.70. The maximum atomic E-state index is 12.9. The van der Waals surface area contributed by atoms with Crippen molar-refractivity contribution >= 4 is 11.7 Å². The van der Waals surface area contributed by atoms with Crippen LogP contribution in [0.3, 0.4) is 0 Å². The van der Waals surface area contributed by atoms with Crippen LogP contribution in [0.2, 0.25) is 0 Å². The van der Waals surface area contributed by atoms with Crippen LogP contribution >= 0.6 is 0 Å². The van der Waals surface area contributed by atoms with Crippen LogP contribution in [-0.2, 0) is 6.61 Å². The number of aromatic nitrogens is 2. The Morgan fingerprint density at radius 1 is 0.906 bits per heavy atom. The Kier molecular flexibility index (Phi) is 6.36. The summed E-state index contributed by atoms with van der Waals surface area (Å²) < 4.78 is 18.6. The van der Waals surface area contributed by atoms with E-state index in [0.717, 1.165) is 11.3 Å². The summed E-state index contributed by atoms with van der Waals surface area (Å²) in [5.74, 6) is 1.33. The highest BCUT2D eigenvalue weighted by Gasteiger charge is 2.18. The summed E-state index contributed by atoms with van der Waals surface area (Å²) in [6.45, 7) is 0.343. The zero-order valence-corrected chi connectivity index (χ0v) is 17.8. The average molecular weight is 429 g/mol. The van der Waals surface area contributed by atoms with Crippen molar-refractivity contribution in [1.29, 1.82) is 0 Å². The summed E-state index contributed by atoms with van der Waals surface area (Å²) in [7, 11) is 3.04. The van der Waals surface area contributed by atoms with Crippen molar-refractivity contribution in [2.24, 2.45) is 0 Å². The number of methoxy groups -OCH3 is 2. The van der Waals surface area contributed by atoms with E-state index in [-0.39, 0.29) is 5.91 Å². The maximum absolute atomic E-state index is 12.9. The number of nitrogens with zero attached hydrogens (tertiary/aromatic N) is 2. The predicted octanol–water partition coefficient (Wildman–Crippen LogP) is 4.72. The van der Waals surface area contributed by atoms with Crippen molar-refractivity contribution in [1.82, 2.24) is 9.78 Å². The molecule has 1 aromatic heterocycles. The average Bonchev–Trinajstić information content (AvgIpc) is 3.31. The molecule has 0 atom stereocenters. The van der Waals surface area contributed by atoms with Gasteiger partial charge in [0.05, 0.1) is 19.9 Å².